The zero-order valence-corrected chi connectivity index (χ0v) is 17.6. The molecule has 3 aromatic rings. The van der Waals surface area contributed by atoms with E-state index in [-0.39, 0.29) is 5.91 Å². The summed E-state index contributed by atoms with van der Waals surface area (Å²) in [6.07, 6.45) is 4.28. The van der Waals surface area contributed by atoms with Crippen LogP contribution in [-0.2, 0) is 11.8 Å². The number of aromatic nitrogens is 3. The van der Waals surface area contributed by atoms with Crippen LogP contribution in [0.1, 0.15) is 41.5 Å². The highest BCUT2D eigenvalue weighted by molar-refractivity contribution is 5.93. The Morgan fingerprint density at radius 3 is 2.62 bits per heavy atom. The first-order valence-electron chi connectivity index (χ1n) is 10.2. The second-order valence-electron chi connectivity index (χ2n) is 8.01. The Morgan fingerprint density at radius 2 is 1.93 bits per heavy atom. The molecule has 4 rings (SSSR count). The molecule has 1 fully saturated rings. The van der Waals surface area contributed by atoms with Crippen molar-refractivity contribution < 1.29 is 4.79 Å². The molecule has 6 heteroatoms. The highest BCUT2D eigenvalue weighted by Gasteiger charge is 2.29. The number of rotatable bonds is 5. The minimum atomic E-state index is 0.0146. The lowest BCUT2D eigenvalue weighted by atomic mass is 10.1. The summed E-state index contributed by atoms with van der Waals surface area (Å²) < 4.78 is 4.05. The van der Waals surface area contributed by atoms with E-state index in [2.05, 4.69) is 76.4 Å². The number of anilines is 1. The molecule has 0 saturated carbocycles. The zero-order valence-electron chi connectivity index (χ0n) is 17.6. The molecular weight excluding hydrogens is 362 g/mol. The van der Waals surface area contributed by atoms with E-state index >= 15 is 0 Å². The highest BCUT2D eigenvalue weighted by atomic mass is 16.2. The van der Waals surface area contributed by atoms with Crippen molar-refractivity contribution in [1.82, 2.24) is 19.2 Å². The summed E-state index contributed by atoms with van der Waals surface area (Å²) in [5.74, 6) is 0.0146. The number of carbonyl (C=O) groups excluding carboxylic acids is 1. The van der Waals surface area contributed by atoms with Crippen molar-refractivity contribution in [2.24, 2.45) is 7.05 Å². The molecule has 1 aliphatic heterocycles. The lowest BCUT2D eigenvalue weighted by molar-refractivity contribution is -0.117. The molecule has 0 radical (unpaired) electrons. The third-order valence-electron chi connectivity index (χ3n) is 5.87. The molecule has 0 unspecified atom stereocenters. The topological polar surface area (TPSA) is 55.1 Å². The van der Waals surface area contributed by atoms with E-state index in [1.54, 1.807) is 0 Å². The monoisotopic (exact) mass is 391 g/mol. The van der Waals surface area contributed by atoms with Gasteiger partial charge >= 0.3 is 0 Å². The average Bonchev–Trinajstić information content (AvgIpc) is 3.38. The van der Waals surface area contributed by atoms with Crippen LogP contribution in [0.25, 0.3) is 5.69 Å². The maximum absolute atomic E-state index is 12.9. The molecule has 0 bridgehead atoms. The third-order valence-corrected chi connectivity index (χ3v) is 5.87. The van der Waals surface area contributed by atoms with Crippen molar-refractivity contribution in [3.05, 3.63) is 65.2 Å². The summed E-state index contributed by atoms with van der Waals surface area (Å²) in [7, 11) is 2.07. The number of nitrogens with zero attached hydrogens (tertiary/aromatic N) is 4. The Bertz CT molecular complexity index is 1010. The fourth-order valence-corrected chi connectivity index (χ4v) is 4.30. The minimum Gasteiger partial charge on any atom is -0.353 e. The number of amides is 1. The van der Waals surface area contributed by atoms with Gasteiger partial charge in [0.25, 0.3) is 0 Å². The molecule has 0 aliphatic carbocycles. The fraction of sp³-hybridized carbons (Fsp3) is 0.391. The Kier molecular flexibility index (Phi) is 5.28. The summed E-state index contributed by atoms with van der Waals surface area (Å²) in [6, 6.07) is 12.8. The molecule has 1 aromatic carbocycles. The van der Waals surface area contributed by atoms with Crippen LogP contribution >= 0.6 is 0 Å². The molecule has 152 valence electrons. The molecule has 1 N–H and O–H groups in total. The predicted molar refractivity (Wildman–Crippen MR) is 115 cm³/mol. The van der Waals surface area contributed by atoms with Crippen molar-refractivity contribution in [2.75, 3.05) is 18.4 Å². The summed E-state index contributed by atoms with van der Waals surface area (Å²) in [6.45, 7) is 7.35. The molecule has 2 aromatic heterocycles. The summed E-state index contributed by atoms with van der Waals surface area (Å²) in [5.41, 5.74) is 6.07. The number of hydrogen-bond donors (Lipinski definition) is 1. The Morgan fingerprint density at radius 1 is 1.17 bits per heavy atom. The van der Waals surface area contributed by atoms with Gasteiger partial charge in [-0.15, -0.1) is 0 Å². The first-order valence-corrected chi connectivity index (χ1v) is 10.2. The van der Waals surface area contributed by atoms with Crippen molar-refractivity contribution in [1.29, 1.82) is 0 Å². The van der Waals surface area contributed by atoms with Crippen LogP contribution in [-0.4, -0.2) is 38.2 Å². The van der Waals surface area contributed by atoms with Gasteiger partial charge in [0, 0.05) is 18.9 Å². The first kappa shape index (κ1) is 19.5. The van der Waals surface area contributed by atoms with Gasteiger partial charge in [0.1, 0.15) is 0 Å². The molecule has 1 saturated heterocycles. The number of hydrogen-bond acceptors (Lipinski definition) is 3. The van der Waals surface area contributed by atoms with E-state index in [4.69, 9.17) is 0 Å². The SMILES string of the molecule is Cc1ccc(-n2nc(C)c(NC(=O)CN3CCC[C@@H]3c3cccn3C)c2C)cc1. The zero-order chi connectivity index (χ0) is 20.5. The number of aryl methyl sites for hydroxylation is 3. The fourth-order valence-electron chi connectivity index (χ4n) is 4.30. The van der Waals surface area contributed by atoms with Crippen LogP contribution < -0.4 is 5.32 Å². The van der Waals surface area contributed by atoms with Gasteiger partial charge in [-0.3, -0.25) is 9.69 Å². The molecule has 1 aliphatic rings. The van der Waals surface area contributed by atoms with Crippen molar-refractivity contribution in [3.8, 4) is 5.69 Å². The largest absolute Gasteiger partial charge is 0.353 e. The van der Waals surface area contributed by atoms with Gasteiger partial charge in [-0.25, -0.2) is 4.68 Å². The van der Waals surface area contributed by atoms with Crippen LogP contribution in [0, 0.1) is 20.8 Å². The normalized spacial score (nSPS) is 17.0. The van der Waals surface area contributed by atoms with Gasteiger partial charge in [0.2, 0.25) is 5.91 Å². The van der Waals surface area contributed by atoms with Crippen molar-refractivity contribution in [2.45, 2.75) is 39.7 Å². The second-order valence-corrected chi connectivity index (χ2v) is 8.01. The Labute approximate surface area is 172 Å². The maximum Gasteiger partial charge on any atom is 0.238 e. The standard InChI is InChI=1S/C23H29N5O/c1-16-9-11-19(12-10-16)28-18(3)23(17(2)25-28)24-22(29)15-27-14-6-8-21(27)20-7-5-13-26(20)4/h5,7,9-13,21H,6,8,14-15H2,1-4H3,(H,24,29)/t21-/m1/s1. The predicted octanol–water partition coefficient (Wildman–Crippen LogP) is 3.91. The van der Waals surface area contributed by atoms with Crippen LogP contribution in [0.4, 0.5) is 5.69 Å². The van der Waals surface area contributed by atoms with Gasteiger partial charge in [0.05, 0.1) is 35.3 Å². The summed E-state index contributed by atoms with van der Waals surface area (Å²) >= 11 is 0. The van der Waals surface area contributed by atoms with E-state index in [0.717, 1.165) is 42.1 Å². The number of carbonyl (C=O) groups is 1. The van der Waals surface area contributed by atoms with Gasteiger partial charge in [-0.05, 0) is 64.4 Å². The number of nitrogens with one attached hydrogen (secondary N) is 1. The minimum absolute atomic E-state index is 0.0146. The van der Waals surface area contributed by atoms with Crippen LogP contribution in [0.3, 0.4) is 0 Å². The van der Waals surface area contributed by atoms with E-state index in [1.807, 2.05) is 18.5 Å². The molecule has 6 nitrogen and oxygen atoms in total. The molecule has 0 spiro atoms. The van der Waals surface area contributed by atoms with Gasteiger partial charge in [-0.2, -0.15) is 5.10 Å². The molecule has 1 amide bonds. The summed E-state index contributed by atoms with van der Waals surface area (Å²) in [4.78, 5) is 15.1. The lowest BCUT2D eigenvalue weighted by Gasteiger charge is -2.24. The van der Waals surface area contributed by atoms with E-state index in [9.17, 15) is 4.79 Å². The Balaban J connectivity index is 1.49. The van der Waals surface area contributed by atoms with Crippen LogP contribution in [0.5, 0.6) is 0 Å². The summed E-state index contributed by atoms with van der Waals surface area (Å²) in [5, 5.41) is 7.76. The van der Waals surface area contributed by atoms with Gasteiger partial charge < -0.3 is 9.88 Å². The average molecular weight is 392 g/mol. The van der Waals surface area contributed by atoms with Gasteiger partial charge in [-0.1, -0.05) is 17.7 Å². The number of likely N-dealkylation sites (tertiary alicyclic amines) is 1. The highest BCUT2D eigenvalue weighted by Crippen LogP contribution is 2.31. The molecule has 3 heterocycles. The van der Waals surface area contributed by atoms with Crippen LogP contribution in [0.15, 0.2) is 42.6 Å². The van der Waals surface area contributed by atoms with E-state index in [1.165, 1.54) is 11.3 Å². The number of benzene rings is 1. The van der Waals surface area contributed by atoms with E-state index < -0.39 is 0 Å². The molecule has 1 atom stereocenters. The van der Waals surface area contributed by atoms with Crippen LogP contribution in [0.2, 0.25) is 0 Å². The first-order chi connectivity index (χ1) is 13.9. The third kappa shape index (κ3) is 3.85. The maximum atomic E-state index is 12.9. The van der Waals surface area contributed by atoms with Gasteiger partial charge in [0.15, 0.2) is 0 Å². The lowest BCUT2D eigenvalue weighted by Crippen LogP contribution is -2.33. The van der Waals surface area contributed by atoms with Crippen molar-refractivity contribution >= 4 is 11.6 Å². The smallest absolute Gasteiger partial charge is 0.238 e. The molecule has 29 heavy (non-hydrogen) atoms. The Hall–Kier alpha value is -2.86. The second kappa shape index (κ2) is 7.87. The van der Waals surface area contributed by atoms with E-state index in [0.29, 0.717) is 12.6 Å². The molecular formula is C23H29N5O. The van der Waals surface area contributed by atoms with Crippen molar-refractivity contribution in [3.63, 3.8) is 0 Å². The quantitative estimate of drug-likeness (QED) is 0.717.